The number of rotatable bonds is 7. The Bertz CT molecular complexity index is 362. The molecule has 0 aliphatic rings. The van der Waals surface area contributed by atoms with E-state index >= 15 is 0 Å². The molecule has 1 rings (SSSR count). The number of halogens is 1. The molecule has 0 aliphatic carbocycles. The number of nitrogens with zero attached hydrogens (tertiary/aromatic N) is 1. The average molecular weight is 274 g/mol. The van der Waals surface area contributed by atoms with E-state index in [9.17, 15) is 4.79 Å². The summed E-state index contributed by atoms with van der Waals surface area (Å²) >= 11 is 7.62. The fourth-order valence-corrected chi connectivity index (χ4v) is 2.45. The van der Waals surface area contributed by atoms with Gasteiger partial charge in [-0.2, -0.15) is 0 Å². The van der Waals surface area contributed by atoms with Gasteiger partial charge < -0.3 is 0 Å². The highest BCUT2D eigenvalue weighted by molar-refractivity contribution is 7.99. The first-order chi connectivity index (χ1) is 8.24. The number of hydrogen-bond donors (Lipinski definition) is 2. The van der Waals surface area contributed by atoms with Crippen LogP contribution in [-0.4, -0.2) is 16.6 Å². The standard InChI is InChI=1S/C11H16ClN3OS/c12-9-5-4-7-14-11(9)17-8-3-1-2-6-10(16)15-13/h4-5,7H,1-3,6,8,13H2,(H,15,16). The normalized spacial score (nSPS) is 10.2. The topological polar surface area (TPSA) is 68.0 Å². The fraction of sp³-hybridized carbons (Fsp3) is 0.455. The molecule has 0 radical (unpaired) electrons. The number of hydrazine groups is 1. The highest BCUT2D eigenvalue weighted by Gasteiger charge is 2.01. The number of carbonyl (C=O) groups is 1. The monoisotopic (exact) mass is 273 g/mol. The molecule has 6 heteroatoms. The maximum Gasteiger partial charge on any atom is 0.233 e. The number of nitrogens with two attached hydrogens (primary N) is 1. The van der Waals surface area contributed by atoms with E-state index in [1.807, 2.05) is 12.1 Å². The van der Waals surface area contributed by atoms with Crippen molar-refractivity contribution in [2.75, 3.05) is 5.75 Å². The predicted molar refractivity (Wildman–Crippen MR) is 70.8 cm³/mol. The van der Waals surface area contributed by atoms with Gasteiger partial charge in [-0.05, 0) is 30.7 Å². The number of hydrogen-bond acceptors (Lipinski definition) is 4. The number of nitrogens with one attached hydrogen (secondary N) is 1. The van der Waals surface area contributed by atoms with Gasteiger partial charge in [0.25, 0.3) is 0 Å². The second kappa shape index (κ2) is 8.33. The minimum atomic E-state index is -0.106. The van der Waals surface area contributed by atoms with E-state index in [0.29, 0.717) is 11.4 Å². The van der Waals surface area contributed by atoms with Gasteiger partial charge in [-0.3, -0.25) is 10.2 Å². The maximum atomic E-state index is 10.8. The molecule has 1 aromatic rings. The first kappa shape index (κ1) is 14.3. The van der Waals surface area contributed by atoms with Crippen LogP contribution in [0.5, 0.6) is 0 Å². The highest BCUT2D eigenvalue weighted by Crippen LogP contribution is 2.24. The van der Waals surface area contributed by atoms with Gasteiger partial charge in [0, 0.05) is 12.6 Å². The number of amides is 1. The number of aromatic nitrogens is 1. The van der Waals surface area contributed by atoms with Crippen LogP contribution in [0.25, 0.3) is 0 Å². The van der Waals surface area contributed by atoms with Gasteiger partial charge in [-0.1, -0.05) is 18.0 Å². The van der Waals surface area contributed by atoms with Crippen molar-refractivity contribution in [3.8, 4) is 0 Å². The van der Waals surface area contributed by atoms with E-state index in [-0.39, 0.29) is 5.91 Å². The fourth-order valence-electron chi connectivity index (χ4n) is 1.28. The molecule has 0 unspecified atom stereocenters. The van der Waals surface area contributed by atoms with Crippen LogP contribution in [0.4, 0.5) is 0 Å². The molecule has 1 heterocycles. The molecule has 0 aliphatic heterocycles. The molecule has 0 atom stereocenters. The Morgan fingerprint density at radius 2 is 2.29 bits per heavy atom. The molecule has 1 aromatic heterocycles. The quantitative estimate of drug-likeness (QED) is 0.263. The van der Waals surface area contributed by atoms with Gasteiger partial charge in [0.1, 0.15) is 5.03 Å². The summed E-state index contributed by atoms with van der Waals surface area (Å²) in [5, 5.41) is 1.56. The summed E-state index contributed by atoms with van der Waals surface area (Å²) in [5.41, 5.74) is 2.12. The zero-order chi connectivity index (χ0) is 12.5. The van der Waals surface area contributed by atoms with Crippen molar-refractivity contribution >= 4 is 29.3 Å². The van der Waals surface area contributed by atoms with Crippen molar-refractivity contribution in [1.29, 1.82) is 0 Å². The van der Waals surface area contributed by atoms with Crippen LogP contribution >= 0.6 is 23.4 Å². The Kier molecular flexibility index (Phi) is 7.00. The zero-order valence-corrected chi connectivity index (χ0v) is 11.1. The minimum absolute atomic E-state index is 0.106. The predicted octanol–water partition coefficient (Wildman–Crippen LogP) is 2.38. The van der Waals surface area contributed by atoms with Crippen molar-refractivity contribution in [2.24, 2.45) is 5.84 Å². The van der Waals surface area contributed by atoms with Crippen molar-refractivity contribution in [1.82, 2.24) is 10.4 Å². The lowest BCUT2D eigenvalue weighted by molar-refractivity contribution is -0.121. The van der Waals surface area contributed by atoms with Crippen LogP contribution in [0.1, 0.15) is 25.7 Å². The minimum Gasteiger partial charge on any atom is -0.294 e. The van der Waals surface area contributed by atoms with E-state index < -0.39 is 0 Å². The smallest absolute Gasteiger partial charge is 0.233 e. The van der Waals surface area contributed by atoms with Gasteiger partial charge in [0.2, 0.25) is 5.91 Å². The Morgan fingerprint density at radius 3 is 3.00 bits per heavy atom. The summed E-state index contributed by atoms with van der Waals surface area (Å²) in [6.07, 6.45) is 5.13. The molecule has 0 bridgehead atoms. The molecule has 4 nitrogen and oxygen atoms in total. The third-order valence-electron chi connectivity index (χ3n) is 2.17. The Balaban J connectivity index is 2.09. The van der Waals surface area contributed by atoms with Crippen molar-refractivity contribution in [3.05, 3.63) is 23.4 Å². The molecule has 17 heavy (non-hydrogen) atoms. The lowest BCUT2D eigenvalue weighted by Crippen LogP contribution is -2.29. The van der Waals surface area contributed by atoms with Gasteiger partial charge in [-0.25, -0.2) is 10.8 Å². The third-order valence-corrected chi connectivity index (χ3v) is 3.68. The largest absolute Gasteiger partial charge is 0.294 e. The van der Waals surface area contributed by atoms with Crippen LogP contribution in [-0.2, 0) is 4.79 Å². The highest BCUT2D eigenvalue weighted by atomic mass is 35.5. The lowest BCUT2D eigenvalue weighted by atomic mass is 10.2. The Morgan fingerprint density at radius 1 is 1.47 bits per heavy atom. The second-order valence-corrected chi connectivity index (χ2v) is 5.01. The second-order valence-electron chi connectivity index (χ2n) is 3.52. The van der Waals surface area contributed by atoms with Gasteiger partial charge in [-0.15, -0.1) is 11.8 Å². The SMILES string of the molecule is NNC(=O)CCCCCSc1ncccc1Cl. The van der Waals surface area contributed by atoms with Crippen LogP contribution < -0.4 is 11.3 Å². The van der Waals surface area contributed by atoms with E-state index in [4.69, 9.17) is 17.4 Å². The molecule has 0 saturated heterocycles. The van der Waals surface area contributed by atoms with E-state index in [2.05, 4.69) is 10.4 Å². The van der Waals surface area contributed by atoms with E-state index in [1.54, 1.807) is 18.0 Å². The summed E-state index contributed by atoms with van der Waals surface area (Å²) in [6.45, 7) is 0. The summed E-state index contributed by atoms with van der Waals surface area (Å²) in [6, 6.07) is 3.65. The van der Waals surface area contributed by atoms with Gasteiger partial charge in [0.15, 0.2) is 0 Å². The summed E-state index contributed by atoms with van der Waals surface area (Å²) in [4.78, 5) is 15.0. The molecule has 0 spiro atoms. The van der Waals surface area contributed by atoms with Crippen LogP contribution in [0.2, 0.25) is 5.02 Å². The number of carbonyl (C=O) groups excluding carboxylic acids is 1. The lowest BCUT2D eigenvalue weighted by Gasteiger charge is -2.02. The number of pyridine rings is 1. The molecule has 3 N–H and O–H groups in total. The summed E-state index contributed by atoms with van der Waals surface area (Å²) in [7, 11) is 0. The zero-order valence-electron chi connectivity index (χ0n) is 9.49. The van der Waals surface area contributed by atoms with E-state index in [0.717, 1.165) is 30.0 Å². The first-order valence-corrected chi connectivity index (χ1v) is 6.83. The van der Waals surface area contributed by atoms with Gasteiger partial charge in [0.05, 0.1) is 5.02 Å². The molecule has 94 valence electrons. The summed E-state index contributed by atoms with van der Waals surface area (Å²) < 4.78 is 0. The average Bonchev–Trinajstić information content (AvgIpc) is 2.35. The molecular weight excluding hydrogens is 258 g/mol. The Hall–Kier alpha value is -0.780. The van der Waals surface area contributed by atoms with Crippen molar-refractivity contribution < 1.29 is 4.79 Å². The molecule has 1 amide bonds. The van der Waals surface area contributed by atoms with Crippen molar-refractivity contribution in [3.63, 3.8) is 0 Å². The molecule has 0 saturated carbocycles. The Labute approximate surface area is 110 Å². The third kappa shape index (κ3) is 5.91. The number of thioether (sulfide) groups is 1. The van der Waals surface area contributed by atoms with Gasteiger partial charge >= 0.3 is 0 Å². The van der Waals surface area contributed by atoms with Crippen LogP contribution in [0, 0.1) is 0 Å². The van der Waals surface area contributed by atoms with Crippen molar-refractivity contribution in [2.45, 2.75) is 30.7 Å². The molecular formula is C11H16ClN3OS. The van der Waals surface area contributed by atoms with Crippen LogP contribution in [0.3, 0.4) is 0 Å². The molecule has 0 aromatic carbocycles. The van der Waals surface area contributed by atoms with Crippen LogP contribution in [0.15, 0.2) is 23.4 Å². The maximum absolute atomic E-state index is 10.8. The molecule has 0 fully saturated rings. The summed E-state index contributed by atoms with van der Waals surface area (Å²) in [5.74, 6) is 5.83. The number of unbranched alkanes of at least 4 members (excludes halogenated alkanes) is 2. The first-order valence-electron chi connectivity index (χ1n) is 5.47. The van der Waals surface area contributed by atoms with E-state index in [1.165, 1.54) is 0 Å².